The SMILES string of the molecule is Cc1c(Cl)cccc1NC(=O)CSc1nnc(-c2cccs2)n1C(C)C. The summed E-state index contributed by atoms with van der Waals surface area (Å²) in [4.78, 5) is 13.4. The average Bonchev–Trinajstić information content (AvgIpc) is 3.26. The number of hydrogen-bond acceptors (Lipinski definition) is 5. The summed E-state index contributed by atoms with van der Waals surface area (Å²) in [6, 6.07) is 9.68. The van der Waals surface area contributed by atoms with Crippen molar-refractivity contribution in [3.8, 4) is 10.7 Å². The van der Waals surface area contributed by atoms with Gasteiger partial charge in [-0.2, -0.15) is 0 Å². The zero-order valence-electron chi connectivity index (χ0n) is 14.7. The number of thiophene rings is 1. The molecule has 2 aromatic heterocycles. The van der Waals surface area contributed by atoms with Gasteiger partial charge in [0, 0.05) is 16.8 Å². The van der Waals surface area contributed by atoms with Crippen LogP contribution in [-0.2, 0) is 4.79 Å². The highest BCUT2D eigenvalue weighted by Crippen LogP contribution is 2.30. The quantitative estimate of drug-likeness (QED) is 0.565. The summed E-state index contributed by atoms with van der Waals surface area (Å²) >= 11 is 9.11. The first-order chi connectivity index (χ1) is 12.5. The minimum absolute atomic E-state index is 0.101. The van der Waals surface area contributed by atoms with E-state index in [2.05, 4.69) is 33.9 Å². The van der Waals surface area contributed by atoms with Crippen molar-refractivity contribution >= 4 is 46.3 Å². The van der Waals surface area contributed by atoms with Crippen molar-refractivity contribution in [3.63, 3.8) is 0 Å². The van der Waals surface area contributed by atoms with Crippen LogP contribution in [0.25, 0.3) is 10.7 Å². The Hall–Kier alpha value is -1.83. The first kappa shape index (κ1) is 18.9. The lowest BCUT2D eigenvalue weighted by molar-refractivity contribution is -0.113. The number of anilines is 1. The van der Waals surface area contributed by atoms with E-state index in [1.54, 1.807) is 17.4 Å². The van der Waals surface area contributed by atoms with Crippen molar-refractivity contribution in [2.75, 3.05) is 11.1 Å². The molecule has 136 valence electrons. The molecule has 0 fully saturated rings. The Morgan fingerprint density at radius 2 is 2.12 bits per heavy atom. The van der Waals surface area contributed by atoms with Crippen molar-refractivity contribution < 1.29 is 4.79 Å². The molecule has 0 saturated carbocycles. The van der Waals surface area contributed by atoms with Crippen LogP contribution in [0.3, 0.4) is 0 Å². The Morgan fingerprint density at radius 1 is 1.31 bits per heavy atom. The maximum Gasteiger partial charge on any atom is 0.234 e. The first-order valence-corrected chi connectivity index (χ1v) is 10.4. The highest BCUT2D eigenvalue weighted by molar-refractivity contribution is 7.99. The molecule has 3 aromatic rings. The maximum atomic E-state index is 12.3. The second-order valence-corrected chi connectivity index (χ2v) is 8.29. The molecule has 0 atom stereocenters. The monoisotopic (exact) mass is 406 g/mol. The standard InChI is InChI=1S/C18H19ClN4OS2/c1-11(2)23-17(15-8-5-9-25-15)21-22-18(23)26-10-16(24)20-14-7-4-6-13(19)12(14)3/h4-9,11H,10H2,1-3H3,(H,20,24). The number of nitrogens with zero attached hydrogens (tertiary/aromatic N) is 3. The van der Waals surface area contributed by atoms with Gasteiger partial charge in [0.15, 0.2) is 11.0 Å². The largest absolute Gasteiger partial charge is 0.325 e. The van der Waals surface area contributed by atoms with Crippen molar-refractivity contribution in [2.24, 2.45) is 0 Å². The molecule has 0 aliphatic carbocycles. The summed E-state index contributed by atoms with van der Waals surface area (Å²) < 4.78 is 2.06. The Labute approximate surface area is 165 Å². The molecule has 0 spiro atoms. The fraction of sp³-hybridized carbons (Fsp3) is 0.278. The third kappa shape index (κ3) is 4.11. The molecule has 26 heavy (non-hydrogen) atoms. The molecule has 0 aliphatic rings. The number of carbonyl (C=O) groups excluding carboxylic acids is 1. The smallest absolute Gasteiger partial charge is 0.234 e. The molecule has 0 unspecified atom stereocenters. The van der Waals surface area contributed by atoms with Crippen LogP contribution in [0.2, 0.25) is 5.02 Å². The molecule has 0 radical (unpaired) electrons. The molecule has 0 aliphatic heterocycles. The topological polar surface area (TPSA) is 59.8 Å². The normalized spacial score (nSPS) is 11.1. The van der Waals surface area contributed by atoms with Gasteiger partial charge in [0.05, 0.1) is 10.6 Å². The third-order valence-electron chi connectivity index (χ3n) is 3.80. The van der Waals surface area contributed by atoms with E-state index in [0.717, 1.165) is 27.1 Å². The number of thioether (sulfide) groups is 1. The highest BCUT2D eigenvalue weighted by Gasteiger charge is 2.18. The van der Waals surface area contributed by atoms with Crippen molar-refractivity contribution in [1.29, 1.82) is 0 Å². The van der Waals surface area contributed by atoms with Gasteiger partial charge in [0.1, 0.15) is 0 Å². The van der Waals surface area contributed by atoms with Gasteiger partial charge in [0.2, 0.25) is 5.91 Å². The van der Waals surface area contributed by atoms with Gasteiger partial charge in [0.25, 0.3) is 0 Å². The first-order valence-electron chi connectivity index (χ1n) is 8.14. The van der Waals surface area contributed by atoms with E-state index in [9.17, 15) is 4.79 Å². The van der Waals surface area contributed by atoms with Gasteiger partial charge in [-0.15, -0.1) is 21.5 Å². The van der Waals surface area contributed by atoms with Crippen molar-refractivity contribution in [3.05, 3.63) is 46.3 Å². The maximum absolute atomic E-state index is 12.3. The number of hydrogen-bond donors (Lipinski definition) is 1. The number of amides is 1. The zero-order valence-corrected chi connectivity index (χ0v) is 17.1. The number of benzene rings is 1. The minimum Gasteiger partial charge on any atom is -0.325 e. The predicted octanol–water partition coefficient (Wildman–Crippen LogP) is 5.28. The summed E-state index contributed by atoms with van der Waals surface area (Å²) in [6.07, 6.45) is 0. The van der Waals surface area contributed by atoms with Crippen LogP contribution in [0.1, 0.15) is 25.5 Å². The van der Waals surface area contributed by atoms with Gasteiger partial charge in [-0.05, 0) is 49.9 Å². The number of halogens is 1. The van der Waals surface area contributed by atoms with Crippen molar-refractivity contribution in [1.82, 2.24) is 14.8 Å². The molecule has 0 bridgehead atoms. The number of rotatable bonds is 6. The lowest BCUT2D eigenvalue weighted by Crippen LogP contribution is -2.15. The van der Waals surface area contributed by atoms with E-state index < -0.39 is 0 Å². The third-order valence-corrected chi connectivity index (χ3v) is 6.01. The highest BCUT2D eigenvalue weighted by atomic mass is 35.5. The van der Waals surface area contributed by atoms with E-state index in [1.807, 2.05) is 36.6 Å². The summed E-state index contributed by atoms with van der Waals surface area (Å²) in [5.74, 6) is 0.987. The minimum atomic E-state index is -0.101. The lowest BCUT2D eigenvalue weighted by Gasteiger charge is -2.13. The average molecular weight is 407 g/mol. The number of nitrogens with one attached hydrogen (secondary N) is 1. The summed E-state index contributed by atoms with van der Waals surface area (Å²) in [6.45, 7) is 6.05. The van der Waals surface area contributed by atoms with Gasteiger partial charge in [-0.25, -0.2) is 0 Å². The molecule has 3 rings (SSSR count). The summed E-state index contributed by atoms with van der Waals surface area (Å²) in [5, 5.41) is 14.9. The van der Waals surface area contributed by atoms with Gasteiger partial charge in [-0.3, -0.25) is 9.36 Å². The Balaban J connectivity index is 1.71. The molecule has 1 amide bonds. The molecule has 1 aromatic carbocycles. The Bertz CT molecular complexity index is 906. The van der Waals surface area contributed by atoms with E-state index in [-0.39, 0.29) is 17.7 Å². The van der Waals surface area contributed by atoms with Crippen LogP contribution in [0.5, 0.6) is 0 Å². The van der Waals surface area contributed by atoms with Gasteiger partial charge >= 0.3 is 0 Å². The summed E-state index contributed by atoms with van der Waals surface area (Å²) in [5.41, 5.74) is 1.59. The van der Waals surface area contributed by atoms with Gasteiger partial charge < -0.3 is 5.32 Å². The molecule has 0 saturated heterocycles. The van der Waals surface area contributed by atoms with E-state index in [1.165, 1.54) is 11.8 Å². The van der Waals surface area contributed by atoms with Crippen molar-refractivity contribution in [2.45, 2.75) is 32.0 Å². The second kappa shape index (κ2) is 8.24. The zero-order chi connectivity index (χ0) is 18.7. The van der Waals surface area contributed by atoms with E-state index >= 15 is 0 Å². The molecular formula is C18H19ClN4OS2. The van der Waals surface area contributed by atoms with E-state index in [0.29, 0.717) is 5.02 Å². The fourth-order valence-electron chi connectivity index (χ4n) is 2.47. The van der Waals surface area contributed by atoms with Crippen LogP contribution >= 0.6 is 34.7 Å². The van der Waals surface area contributed by atoms with E-state index in [4.69, 9.17) is 11.6 Å². The molecule has 2 heterocycles. The lowest BCUT2D eigenvalue weighted by atomic mass is 10.2. The second-order valence-electron chi connectivity index (χ2n) is 6.00. The van der Waals surface area contributed by atoms with Crippen LogP contribution in [0.4, 0.5) is 5.69 Å². The molecule has 5 nitrogen and oxygen atoms in total. The molecular weight excluding hydrogens is 388 g/mol. The van der Waals surface area contributed by atoms with Crippen LogP contribution < -0.4 is 5.32 Å². The molecule has 1 N–H and O–H groups in total. The predicted molar refractivity (Wildman–Crippen MR) is 109 cm³/mol. The summed E-state index contributed by atoms with van der Waals surface area (Å²) in [7, 11) is 0. The molecule has 8 heteroatoms. The number of carbonyl (C=O) groups is 1. The fourth-order valence-corrected chi connectivity index (χ4v) is 4.22. The van der Waals surface area contributed by atoms with Crippen LogP contribution in [-0.4, -0.2) is 26.4 Å². The van der Waals surface area contributed by atoms with Crippen LogP contribution in [0.15, 0.2) is 40.9 Å². The Kier molecular flexibility index (Phi) is 6.01. The Morgan fingerprint density at radius 3 is 2.81 bits per heavy atom. The number of aromatic nitrogens is 3. The van der Waals surface area contributed by atoms with Crippen LogP contribution in [0, 0.1) is 6.92 Å². The van der Waals surface area contributed by atoms with Gasteiger partial charge in [-0.1, -0.05) is 35.5 Å².